The summed E-state index contributed by atoms with van der Waals surface area (Å²) in [6.07, 6.45) is 1.71. The van der Waals surface area contributed by atoms with Gasteiger partial charge in [0.2, 0.25) is 0 Å². The van der Waals surface area contributed by atoms with Crippen LogP contribution in [0.4, 0.5) is 5.69 Å². The van der Waals surface area contributed by atoms with E-state index in [0.29, 0.717) is 0 Å². The van der Waals surface area contributed by atoms with Crippen LogP contribution >= 0.6 is 0 Å². The van der Waals surface area contributed by atoms with Gasteiger partial charge in [0.05, 0.1) is 18.4 Å². The average Bonchev–Trinajstić information content (AvgIpc) is 3.15. The van der Waals surface area contributed by atoms with E-state index in [1.54, 1.807) is 6.21 Å². The van der Waals surface area contributed by atoms with Gasteiger partial charge in [-0.2, -0.15) is 5.10 Å². The number of nitrogens with one attached hydrogen (secondary N) is 2. The molecular weight excluding hydrogens is 420 g/mol. The molecule has 0 bridgehead atoms. The number of anilines is 1. The molecule has 0 aliphatic carbocycles. The zero-order valence-electron chi connectivity index (χ0n) is 19.2. The number of amides is 1. The first kappa shape index (κ1) is 21.5. The zero-order valence-corrected chi connectivity index (χ0v) is 19.2. The highest BCUT2D eigenvalue weighted by Crippen LogP contribution is 2.27. The van der Waals surface area contributed by atoms with E-state index in [4.69, 9.17) is 0 Å². The van der Waals surface area contributed by atoms with E-state index in [9.17, 15) is 4.79 Å². The van der Waals surface area contributed by atoms with Gasteiger partial charge in [0.25, 0.3) is 5.91 Å². The van der Waals surface area contributed by atoms with Crippen molar-refractivity contribution in [3.05, 3.63) is 108 Å². The maximum Gasteiger partial charge on any atom is 0.259 e. The summed E-state index contributed by atoms with van der Waals surface area (Å²) in [5.74, 6) is -0.202. The molecule has 34 heavy (non-hydrogen) atoms. The second kappa shape index (κ2) is 9.24. The van der Waals surface area contributed by atoms with Crippen molar-refractivity contribution in [3.63, 3.8) is 0 Å². The van der Waals surface area contributed by atoms with Crippen LogP contribution in [0, 0.1) is 13.8 Å². The predicted octanol–water partition coefficient (Wildman–Crippen LogP) is 5.96. The van der Waals surface area contributed by atoms with Crippen LogP contribution < -0.4 is 10.7 Å². The van der Waals surface area contributed by atoms with Gasteiger partial charge in [0.1, 0.15) is 0 Å². The summed E-state index contributed by atoms with van der Waals surface area (Å²) in [7, 11) is 0. The van der Waals surface area contributed by atoms with Crippen molar-refractivity contribution in [1.82, 2.24) is 9.99 Å². The number of hydrogen-bond acceptors (Lipinski definition) is 3. The van der Waals surface area contributed by atoms with Gasteiger partial charge >= 0.3 is 0 Å². The number of carbonyl (C=O) groups is 1. The summed E-state index contributed by atoms with van der Waals surface area (Å²) in [5.41, 5.74) is 7.84. The van der Waals surface area contributed by atoms with Gasteiger partial charge in [0, 0.05) is 33.4 Å². The fourth-order valence-electron chi connectivity index (χ4n) is 4.46. The maximum atomic E-state index is 12.4. The van der Waals surface area contributed by atoms with E-state index in [1.807, 2.05) is 30.3 Å². The van der Waals surface area contributed by atoms with Gasteiger partial charge < -0.3 is 9.88 Å². The van der Waals surface area contributed by atoms with Gasteiger partial charge in [-0.15, -0.1) is 0 Å². The monoisotopic (exact) mass is 446 g/mol. The molecule has 5 aromatic rings. The quantitative estimate of drug-likeness (QED) is 0.250. The molecule has 0 spiro atoms. The third kappa shape index (κ3) is 4.16. The molecule has 0 unspecified atom stereocenters. The molecule has 5 rings (SSSR count). The Balaban J connectivity index is 1.29. The van der Waals surface area contributed by atoms with Gasteiger partial charge in [0.15, 0.2) is 0 Å². The highest BCUT2D eigenvalue weighted by atomic mass is 16.2. The minimum atomic E-state index is -0.202. The lowest BCUT2D eigenvalue weighted by Gasteiger charge is -2.13. The van der Waals surface area contributed by atoms with Crippen LogP contribution in [-0.4, -0.2) is 23.2 Å². The molecule has 0 saturated carbocycles. The van der Waals surface area contributed by atoms with E-state index in [1.165, 1.54) is 10.8 Å². The molecule has 1 heterocycles. The molecule has 5 heteroatoms. The Morgan fingerprint density at radius 3 is 2.29 bits per heavy atom. The lowest BCUT2D eigenvalue weighted by atomic mass is 10.1. The number of rotatable bonds is 6. The summed E-state index contributed by atoms with van der Waals surface area (Å²) < 4.78 is 2.23. The lowest BCUT2D eigenvalue weighted by Crippen LogP contribution is -2.25. The standard InChI is InChI=1S/C29H26N4O/c1-20-17-24(21(2)33(20)28-16-8-12-23-10-4-6-14-26(23)28)18-31-32-29(34)19-30-27-15-7-11-22-9-3-5-13-25(22)27/h3-18,30H,19H2,1-2H3,(H,32,34)/b31-18-. The van der Waals surface area contributed by atoms with Crippen molar-refractivity contribution in [3.8, 4) is 5.69 Å². The molecular formula is C29H26N4O. The fourth-order valence-corrected chi connectivity index (χ4v) is 4.46. The summed E-state index contributed by atoms with van der Waals surface area (Å²) in [4.78, 5) is 12.4. The SMILES string of the molecule is Cc1cc(/C=N\NC(=O)CNc2cccc3ccccc23)c(C)n1-c1cccc2ccccc12. The third-order valence-corrected chi connectivity index (χ3v) is 6.10. The minimum Gasteiger partial charge on any atom is -0.376 e. The first-order chi connectivity index (χ1) is 16.6. The topological polar surface area (TPSA) is 58.4 Å². The van der Waals surface area contributed by atoms with E-state index in [0.717, 1.165) is 39.1 Å². The van der Waals surface area contributed by atoms with E-state index >= 15 is 0 Å². The van der Waals surface area contributed by atoms with Crippen LogP contribution in [0.2, 0.25) is 0 Å². The highest BCUT2D eigenvalue weighted by molar-refractivity contribution is 5.95. The lowest BCUT2D eigenvalue weighted by molar-refractivity contribution is -0.119. The molecule has 1 amide bonds. The first-order valence-electron chi connectivity index (χ1n) is 11.3. The maximum absolute atomic E-state index is 12.4. The Kier molecular flexibility index (Phi) is 5.83. The van der Waals surface area contributed by atoms with Gasteiger partial charge in [-0.05, 0) is 42.8 Å². The zero-order chi connectivity index (χ0) is 23.5. The van der Waals surface area contributed by atoms with E-state index in [2.05, 4.69) is 94.9 Å². The molecule has 2 N–H and O–H groups in total. The second-order valence-corrected chi connectivity index (χ2v) is 8.33. The van der Waals surface area contributed by atoms with Gasteiger partial charge in [-0.3, -0.25) is 4.79 Å². The average molecular weight is 447 g/mol. The summed E-state index contributed by atoms with van der Waals surface area (Å²) >= 11 is 0. The van der Waals surface area contributed by atoms with Gasteiger partial charge in [-0.1, -0.05) is 72.8 Å². The number of benzene rings is 4. The number of nitrogens with zero attached hydrogens (tertiary/aromatic N) is 2. The molecule has 0 radical (unpaired) electrons. The molecule has 5 nitrogen and oxygen atoms in total. The van der Waals surface area contributed by atoms with Crippen LogP contribution in [0.5, 0.6) is 0 Å². The predicted molar refractivity (Wildman–Crippen MR) is 141 cm³/mol. The Morgan fingerprint density at radius 2 is 1.50 bits per heavy atom. The Morgan fingerprint density at radius 1 is 0.853 bits per heavy atom. The summed E-state index contributed by atoms with van der Waals surface area (Å²) in [5, 5.41) is 12.0. The van der Waals surface area contributed by atoms with Crippen LogP contribution in [-0.2, 0) is 4.79 Å². The molecule has 0 fully saturated rings. The normalized spacial score (nSPS) is 11.4. The molecule has 168 valence electrons. The van der Waals surface area contributed by atoms with E-state index < -0.39 is 0 Å². The first-order valence-corrected chi connectivity index (χ1v) is 11.3. The van der Waals surface area contributed by atoms with Crippen molar-refractivity contribution >= 4 is 39.4 Å². The van der Waals surface area contributed by atoms with Crippen LogP contribution in [0.25, 0.3) is 27.2 Å². The Bertz CT molecular complexity index is 1520. The largest absolute Gasteiger partial charge is 0.376 e. The van der Waals surface area contributed by atoms with Crippen LogP contribution in [0.1, 0.15) is 17.0 Å². The molecule has 0 aliphatic heterocycles. The Labute approximate surface area is 198 Å². The third-order valence-electron chi connectivity index (χ3n) is 6.10. The van der Waals surface area contributed by atoms with Crippen molar-refractivity contribution in [2.75, 3.05) is 11.9 Å². The minimum absolute atomic E-state index is 0.139. The van der Waals surface area contributed by atoms with E-state index in [-0.39, 0.29) is 12.5 Å². The van der Waals surface area contributed by atoms with Crippen molar-refractivity contribution < 1.29 is 4.79 Å². The summed E-state index contributed by atoms with van der Waals surface area (Å²) in [6, 6.07) is 30.9. The summed E-state index contributed by atoms with van der Waals surface area (Å²) in [6.45, 7) is 4.29. The second-order valence-electron chi connectivity index (χ2n) is 8.33. The molecule has 0 aliphatic rings. The van der Waals surface area contributed by atoms with Crippen molar-refractivity contribution in [2.24, 2.45) is 5.10 Å². The fraction of sp³-hybridized carbons (Fsp3) is 0.103. The molecule has 0 atom stereocenters. The Hall–Kier alpha value is -4.38. The van der Waals surface area contributed by atoms with Crippen molar-refractivity contribution in [1.29, 1.82) is 0 Å². The van der Waals surface area contributed by atoms with Crippen LogP contribution in [0.15, 0.2) is 96.1 Å². The number of carbonyl (C=O) groups excluding carboxylic acids is 1. The van der Waals surface area contributed by atoms with Gasteiger partial charge in [-0.25, -0.2) is 5.43 Å². The molecule has 0 saturated heterocycles. The number of aromatic nitrogens is 1. The number of hydrogen-bond donors (Lipinski definition) is 2. The van der Waals surface area contributed by atoms with Crippen molar-refractivity contribution in [2.45, 2.75) is 13.8 Å². The number of fused-ring (bicyclic) bond motifs is 2. The number of aryl methyl sites for hydroxylation is 1. The number of hydrazone groups is 1. The smallest absolute Gasteiger partial charge is 0.259 e. The highest BCUT2D eigenvalue weighted by Gasteiger charge is 2.12. The molecule has 1 aromatic heterocycles. The van der Waals surface area contributed by atoms with Crippen LogP contribution in [0.3, 0.4) is 0 Å². The molecule has 4 aromatic carbocycles.